The van der Waals surface area contributed by atoms with Gasteiger partial charge in [-0.3, -0.25) is 4.90 Å². The molecule has 70 valence electrons. The lowest BCUT2D eigenvalue weighted by molar-refractivity contribution is 0.0317. The molecule has 0 aromatic carbocycles. The van der Waals surface area contributed by atoms with Crippen molar-refractivity contribution < 1.29 is 13.9 Å². The maximum Gasteiger partial charge on any atom is 0.404 e. The second-order valence-electron chi connectivity index (χ2n) is 2.90. The Morgan fingerprint density at radius 2 is 2.50 bits per heavy atom. The van der Waals surface area contributed by atoms with Crippen LogP contribution in [0.2, 0.25) is 0 Å². The summed E-state index contributed by atoms with van der Waals surface area (Å²) in [5.41, 5.74) is 4.84. The van der Waals surface area contributed by atoms with Gasteiger partial charge in [0.05, 0.1) is 0 Å². The van der Waals surface area contributed by atoms with E-state index in [1.54, 1.807) is 4.90 Å². The van der Waals surface area contributed by atoms with Crippen LogP contribution in [0, 0.1) is 0 Å². The lowest BCUT2D eigenvalue weighted by atomic mass is 10.1. The Kier molecular flexibility index (Phi) is 3.28. The van der Waals surface area contributed by atoms with Gasteiger partial charge in [-0.05, 0) is 12.8 Å². The molecular weight excluding hydrogens is 163 g/mol. The highest BCUT2D eigenvalue weighted by atomic mass is 19.1. The van der Waals surface area contributed by atoms with Gasteiger partial charge in [-0.2, -0.15) is 0 Å². The largest absolute Gasteiger partial charge is 0.445 e. The molecule has 0 bridgehead atoms. The molecule has 0 aromatic rings. The van der Waals surface area contributed by atoms with Gasteiger partial charge in [-0.15, -0.1) is 0 Å². The van der Waals surface area contributed by atoms with E-state index in [9.17, 15) is 9.18 Å². The van der Waals surface area contributed by atoms with Gasteiger partial charge in [-0.25, -0.2) is 9.18 Å². The zero-order chi connectivity index (χ0) is 8.97. The molecule has 0 aliphatic carbocycles. The number of primary amides is 1. The zero-order valence-electron chi connectivity index (χ0n) is 6.83. The Balaban J connectivity index is 2.30. The summed E-state index contributed by atoms with van der Waals surface area (Å²) in [7, 11) is 0. The Bertz CT molecular complexity index is 165. The number of nitrogens with zero attached hydrogens (tertiary/aromatic N) is 1. The second kappa shape index (κ2) is 4.25. The van der Waals surface area contributed by atoms with E-state index in [4.69, 9.17) is 10.5 Å². The predicted molar refractivity (Wildman–Crippen MR) is 41.2 cm³/mol. The van der Waals surface area contributed by atoms with Crippen molar-refractivity contribution in [2.45, 2.75) is 18.9 Å². The van der Waals surface area contributed by atoms with Gasteiger partial charge in [0.2, 0.25) is 0 Å². The third-order valence-corrected chi connectivity index (χ3v) is 1.91. The minimum Gasteiger partial charge on any atom is -0.445 e. The smallest absolute Gasteiger partial charge is 0.404 e. The van der Waals surface area contributed by atoms with Crippen molar-refractivity contribution in [1.29, 1.82) is 0 Å². The van der Waals surface area contributed by atoms with Crippen LogP contribution in [0.15, 0.2) is 0 Å². The van der Waals surface area contributed by atoms with Crippen LogP contribution in [-0.4, -0.2) is 37.0 Å². The number of carbonyl (C=O) groups is 1. The molecule has 1 rings (SSSR count). The van der Waals surface area contributed by atoms with E-state index in [1.807, 2.05) is 0 Å². The first kappa shape index (κ1) is 9.25. The van der Waals surface area contributed by atoms with Crippen LogP contribution in [0.3, 0.4) is 0 Å². The third-order valence-electron chi connectivity index (χ3n) is 1.91. The molecule has 1 amide bonds. The van der Waals surface area contributed by atoms with E-state index in [2.05, 4.69) is 0 Å². The lowest BCUT2D eigenvalue weighted by Gasteiger charge is -2.29. The first-order chi connectivity index (χ1) is 5.72. The van der Waals surface area contributed by atoms with E-state index in [0.29, 0.717) is 6.54 Å². The fraction of sp³-hybridized carbons (Fsp3) is 0.857. The summed E-state index contributed by atoms with van der Waals surface area (Å²) in [5.74, 6) is 0. The predicted octanol–water partition coefficient (Wildman–Crippen LogP) is 0.473. The van der Waals surface area contributed by atoms with Gasteiger partial charge >= 0.3 is 6.09 Å². The summed E-state index contributed by atoms with van der Waals surface area (Å²) in [5, 5.41) is 0. The number of amides is 1. The summed E-state index contributed by atoms with van der Waals surface area (Å²) < 4.78 is 16.9. The minimum atomic E-state index is -0.777. The minimum absolute atomic E-state index is 0.230. The zero-order valence-corrected chi connectivity index (χ0v) is 6.83. The van der Waals surface area contributed by atoms with Crippen molar-refractivity contribution in [2.75, 3.05) is 19.9 Å². The number of halogens is 1. The molecule has 5 heteroatoms. The third kappa shape index (κ3) is 2.65. The molecule has 2 N–H and O–H groups in total. The number of hydrogen-bond donors (Lipinski definition) is 1. The summed E-state index contributed by atoms with van der Waals surface area (Å²) in [6.45, 7) is 0.702. The summed E-state index contributed by atoms with van der Waals surface area (Å²) in [4.78, 5) is 11.9. The molecular formula is C7H13FN2O2. The Hall–Kier alpha value is -0.840. The number of likely N-dealkylation sites (tertiary alicyclic amines) is 1. The number of carbonyl (C=O) groups excluding carboxylic acids is 1. The van der Waals surface area contributed by atoms with E-state index in [0.717, 1.165) is 19.4 Å². The normalized spacial score (nSPS) is 25.2. The molecule has 1 fully saturated rings. The molecule has 1 heterocycles. The molecule has 4 nitrogen and oxygen atoms in total. The summed E-state index contributed by atoms with van der Waals surface area (Å²) in [6, 6.07) is 0. The molecule has 1 unspecified atom stereocenters. The van der Waals surface area contributed by atoms with Crippen LogP contribution in [-0.2, 0) is 4.74 Å². The van der Waals surface area contributed by atoms with E-state index in [1.165, 1.54) is 0 Å². The fourth-order valence-electron chi connectivity index (χ4n) is 1.38. The number of hydrogen-bond acceptors (Lipinski definition) is 3. The second-order valence-corrected chi connectivity index (χ2v) is 2.90. The van der Waals surface area contributed by atoms with Gasteiger partial charge in [0.25, 0.3) is 0 Å². The molecule has 1 atom stereocenters. The van der Waals surface area contributed by atoms with Crippen molar-refractivity contribution in [3.8, 4) is 0 Å². The highest BCUT2D eigenvalue weighted by Crippen LogP contribution is 2.12. The van der Waals surface area contributed by atoms with Crippen LogP contribution in [0.4, 0.5) is 9.18 Å². The van der Waals surface area contributed by atoms with E-state index in [-0.39, 0.29) is 6.10 Å². The average Bonchev–Trinajstić information content (AvgIpc) is 2.03. The van der Waals surface area contributed by atoms with Crippen LogP contribution in [0.25, 0.3) is 0 Å². The molecule has 1 aliphatic rings. The van der Waals surface area contributed by atoms with Crippen molar-refractivity contribution >= 4 is 6.09 Å². The fourth-order valence-corrected chi connectivity index (χ4v) is 1.38. The quantitative estimate of drug-likeness (QED) is 0.622. The molecule has 0 spiro atoms. The summed E-state index contributed by atoms with van der Waals surface area (Å²) >= 11 is 0. The van der Waals surface area contributed by atoms with Crippen molar-refractivity contribution in [2.24, 2.45) is 5.73 Å². The number of piperidine rings is 1. The first-order valence-electron chi connectivity index (χ1n) is 3.97. The highest BCUT2D eigenvalue weighted by molar-refractivity contribution is 5.64. The van der Waals surface area contributed by atoms with Crippen LogP contribution in [0.5, 0.6) is 0 Å². The number of nitrogens with two attached hydrogens (primary N) is 1. The maximum atomic E-state index is 12.1. The van der Waals surface area contributed by atoms with Crippen LogP contribution in [0.1, 0.15) is 12.8 Å². The molecule has 0 radical (unpaired) electrons. The average molecular weight is 176 g/mol. The van der Waals surface area contributed by atoms with Crippen LogP contribution >= 0.6 is 0 Å². The SMILES string of the molecule is NC(=O)OC1CCCN(CF)C1. The highest BCUT2D eigenvalue weighted by Gasteiger charge is 2.21. The maximum absolute atomic E-state index is 12.1. The van der Waals surface area contributed by atoms with Gasteiger partial charge in [0.15, 0.2) is 0 Å². The molecule has 0 aromatic heterocycles. The number of rotatable bonds is 2. The van der Waals surface area contributed by atoms with Gasteiger partial charge in [0.1, 0.15) is 12.9 Å². The molecule has 0 saturated carbocycles. The topological polar surface area (TPSA) is 55.6 Å². The number of ether oxygens (including phenoxy) is 1. The Morgan fingerprint density at radius 1 is 1.75 bits per heavy atom. The van der Waals surface area contributed by atoms with Gasteiger partial charge < -0.3 is 10.5 Å². The molecule has 1 aliphatic heterocycles. The monoisotopic (exact) mass is 176 g/mol. The standard InChI is InChI=1S/C7H13FN2O2/c8-5-10-3-1-2-6(4-10)12-7(9)11/h6H,1-5H2,(H2,9,11). The molecule has 12 heavy (non-hydrogen) atoms. The van der Waals surface area contributed by atoms with Crippen molar-refractivity contribution in [1.82, 2.24) is 4.90 Å². The lowest BCUT2D eigenvalue weighted by Crippen LogP contribution is -2.40. The van der Waals surface area contributed by atoms with E-state index >= 15 is 0 Å². The van der Waals surface area contributed by atoms with Gasteiger partial charge in [0, 0.05) is 13.1 Å². The number of alkyl halides is 1. The van der Waals surface area contributed by atoms with Crippen molar-refractivity contribution in [3.63, 3.8) is 0 Å². The van der Waals surface area contributed by atoms with E-state index < -0.39 is 12.9 Å². The van der Waals surface area contributed by atoms with Crippen molar-refractivity contribution in [3.05, 3.63) is 0 Å². The summed E-state index contributed by atoms with van der Waals surface area (Å²) in [6.07, 6.45) is 0.620. The Morgan fingerprint density at radius 3 is 3.08 bits per heavy atom. The Labute approximate surface area is 70.5 Å². The van der Waals surface area contributed by atoms with Crippen LogP contribution < -0.4 is 5.73 Å². The van der Waals surface area contributed by atoms with Gasteiger partial charge in [-0.1, -0.05) is 0 Å². The molecule has 1 saturated heterocycles. The first-order valence-corrected chi connectivity index (χ1v) is 3.97.